The van der Waals surface area contributed by atoms with Gasteiger partial charge in [-0.25, -0.2) is 4.98 Å². The van der Waals surface area contributed by atoms with Gasteiger partial charge in [-0.3, -0.25) is 14.6 Å². The quantitative estimate of drug-likeness (QED) is 0.362. The van der Waals surface area contributed by atoms with Crippen molar-refractivity contribution >= 4 is 33.5 Å². The number of hydrogen-bond acceptors (Lipinski definition) is 5. The van der Waals surface area contributed by atoms with E-state index in [2.05, 4.69) is 19.9 Å². The highest BCUT2D eigenvalue weighted by molar-refractivity contribution is 6.04. The van der Waals surface area contributed by atoms with Crippen LogP contribution in [0.1, 0.15) is 27.2 Å². The number of nitrogens with two attached hydrogens (primary N) is 1. The van der Waals surface area contributed by atoms with Crippen LogP contribution in [0, 0.1) is 13.8 Å². The number of hydrogen-bond donors (Lipinski definition) is 3. The van der Waals surface area contributed by atoms with Crippen molar-refractivity contribution in [3.8, 4) is 11.4 Å². The van der Waals surface area contributed by atoms with Crippen LogP contribution in [0.5, 0.6) is 0 Å². The zero-order chi connectivity index (χ0) is 24.7. The van der Waals surface area contributed by atoms with Gasteiger partial charge in [0.1, 0.15) is 0 Å². The first-order valence-electron chi connectivity index (χ1n) is 11.4. The number of benzene rings is 2. The summed E-state index contributed by atoms with van der Waals surface area (Å²) in [4.78, 5) is 42.6. The summed E-state index contributed by atoms with van der Waals surface area (Å²) >= 11 is 0. The molecule has 1 amide bonds. The Morgan fingerprint density at radius 2 is 1.83 bits per heavy atom. The lowest BCUT2D eigenvalue weighted by atomic mass is 10.1. The number of nitrogens with zero attached hydrogens (tertiary/aromatic N) is 3. The van der Waals surface area contributed by atoms with E-state index in [0.29, 0.717) is 46.3 Å². The summed E-state index contributed by atoms with van der Waals surface area (Å²) in [6, 6.07) is 14.9. The number of rotatable bonds is 5. The van der Waals surface area contributed by atoms with Gasteiger partial charge in [0, 0.05) is 48.4 Å². The van der Waals surface area contributed by atoms with Crippen molar-refractivity contribution in [3.63, 3.8) is 0 Å². The average Bonchev–Trinajstić information content (AvgIpc) is 3.19. The summed E-state index contributed by atoms with van der Waals surface area (Å²) in [5.41, 5.74) is 12.9. The normalized spacial score (nSPS) is 11.3. The summed E-state index contributed by atoms with van der Waals surface area (Å²) in [5, 5.41) is 0.672. The van der Waals surface area contributed by atoms with E-state index in [0.717, 1.165) is 22.3 Å². The first-order chi connectivity index (χ1) is 16.8. The summed E-state index contributed by atoms with van der Waals surface area (Å²) < 4.78 is 0. The third kappa shape index (κ3) is 4.14. The molecule has 3 aromatic heterocycles. The van der Waals surface area contributed by atoms with Crippen LogP contribution in [0.4, 0.5) is 5.69 Å². The highest BCUT2D eigenvalue weighted by Crippen LogP contribution is 2.32. The van der Waals surface area contributed by atoms with Crippen molar-refractivity contribution in [1.29, 1.82) is 0 Å². The molecule has 0 radical (unpaired) electrons. The monoisotopic (exact) mass is 466 g/mol. The van der Waals surface area contributed by atoms with Gasteiger partial charge in [0.2, 0.25) is 0 Å². The number of carbonyl (C=O) groups excluding carboxylic acids is 1. The summed E-state index contributed by atoms with van der Waals surface area (Å²) in [7, 11) is 1.77. The maximum atomic E-state index is 13.0. The van der Waals surface area contributed by atoms with Crippen molar-refractivity contribution in [2.24, 2.45) is 0 Å². The van der Waals surface area contributed by atoms with Gasteiger partial charge in [0.05, 0.1) is 22.4 Å². The van der Waals surface area contributed by atoms with Crippen LogP contribution >= 0.6 is 0 Å². The van der Waals surface area contributed by atoms with E-state index in [-0.39, 0.29) is 17.2 Å². The van der Waals surface area contributed by atoms with E-state index >= 15 is 0 Å². The molecule has 176 valence electrons. The average molecular weight is 467 g/mol. The van der Waals surface area contributed by atoms with Crippen LogP contribution in [0.3, 0.4) is 0 Å². The Labute approximate surface area is 201 Å². The van der Waals surface area contributed by atoms with Crippen molar-refractivity contribution in [2.45, 2.75) is 20.3 Å². The molecule has 0 spiro atoms. The van der Waals surface area contributed by atoms with E-state index < -0.39 is 0 Å². The van der Waals surface area contributed by atoms with Crippen LogP contribution in [-0.2, 0) is 6.42 Å². The number of aromatic amines is 2. The number of amides is 1. The second-order valence-corrected chi connectivity index (χ2v) is 8.84. The lowest BCUT2D eigenvalue weighted by Crippen LogP contribution is -2.29. The van der Waals surface area contributed by atoms with E-state index in [1.807, 2.05) is 44.2 Å². The number of likely N-dealkylation sites (N-methyl/N-ethyl adjacent to an activating group) is 1. The molecule has 2 aromatic carbocycles. The fraction of sp³-hybridized carbons (Fsp3) is 0.185. The molecule has 0 saturated carbocycles. The second-order valence-electron chi connectivity index (χ2n) is 8.84. The topological polar surface area (TPSA) is 121 Å². The SMILES string of the molecule is Cc1cc2nc(-c3[nH]c4ccc(C(=O)N(C)CCc5ccccn5)cc4c3N)c(=O)[nH]c2cc1C. The lowest BCUT2D eigenvalue weighted by Gasteiger charge is -2.17. The molecule has 4 N–H and O–H groups in total. The van der Waals surface area contributed by atoms with Crippen LogP contribution in [-0.4, -0.2) is 44.3 Å². The molecule has 0 aliphatic rings. The predicted molar refractivity (Wildman–Crippen MR) is 138 cm³/mol. The molecule has 5 aromatic rings. The maximum Gasteiger partial charge on any atom is 0.276 e. The first kappa shape index (κ1) is 22.3. The summed E-state index contributed by atoms with van der Waals surface area (Å²) in [5.74, 6) is -0.113. The molecule has 0 fully saturated rings. The van der Waals surface area contributed by atoms with Gasteiger partial charge in [-0.15, -0.1) is 0 Å². The molecule has 8 heteroatoms. The standard InChI is InChI=1S/C27H26N6O2/c1-15-12-21-22(13-16(15)2)32-26(34)25(31-21)24-23(28)19-14-17(7-8-20(19)30-24)27(35)33(3)11-9-18-6-4-5-10-29-18/h4-8,10,12-14,30H,9,11,28H2,1-3H3,(H,32,34). The lowest BCUT2D eigenvalue weighted by molar-refractivity contribution is 0.0796. The van der Waals surface area contributed by atoms with Gasteiger partial charge >= 0.3 is 0 Å². The highest BCUT2D eigenvalue weighted by atomic mass is 16.2. The number of nitrogens with one attached hydrogen (secondary N) is 2. The third-order valence-corrected chi connectivity index (χ3v) is 6.41. The molecule has 0 unspecified atom stereocenters. The Morgan fingerprint density at radius 1 is 1.03 bits per heavy atom. The summed E-state index contributed by atoms with van der Waals surface area (Å²) in [6.45, 7) is 4.53. The van der Waals surface area contributed by atoms with E-state index in [9.17, 15) is 9.59 Å². The van der Waals surface area contributed by atoms with E-state index in [1.54, 1.807) is 36.3 Å². The number of nitrogen functional groups attached to an aromatic ring is 1. The van der Waals surface area contributed by atoms with Crippen molar-refractivity contribution in [2.75, 3.05) is 19.3 Å². The Hall–Kier alpha value is -4.46. The number of aryl methyl sites for hydroxylation is 2. The predicted octanol–water partition coefficient (Wildman–Crippen LogP) is 3.98. The molecule has 0 aliphatic carbocycles. The fourth-order valence-electron chi connectivity index (χ4n) is 4.20. The number of anilines is 1. The molecule has 8 nitrogen and oxygen atoms in total. The molecular weight excluding hydrogens is 440 g/mol. The molecule has 5 rings (SSSR count). The number of H-pyrrole nitrogens is 2. The zero-order valence-electron chi connectivity index (χ0n) is 19.8. The summed E-state index contributed by atoms with van der Waals surface area (Å²) in [6.07, 6.45) is 2.41. The van der Waals surface area contributed by atoms with Crippen LogP contribution in [0.15, 0.2) is 59.5 Å². The van der Waals surface area contributed by atoms with Gasteiger partial charge in [-0.05, 0) is 67.4 Å². The Kier molecular flexibility index (Phi) is 5.56. The van der Waals surface area contributed by atoms with Gasteiger partial charge in [0.25, 0.3) is 11.5 Å². The van der Waals surface area contributed by atoms with Gasteiger partial charge < -0.3 is 20.6 Å². The Balaban J connectivity index is 1.47. The molecule has 3 heterocycles. The zero-order valence-corrected chi connectivity index (χ0v) is 19.8. The van der Waals surface area contributed by atoms with Crippen LogP contribution < -0.4 is 11.3 Å². The Bertz CT molecular complexity index is 1640. The Morgan fingerprint density at radius 3 is 2.60 bits per heavy atom. The minimum absolute atomic E-state index is 0.113. The molecule has 35 heavy (non-hydrogen) atoms. The van der Waals surface area contributed by atoms with Gasteiger partial charge in [-0.2, -0.15) is 0 Å². The largest absolute Gasteiger partial charge is 0.396 e. The van der Waals surface area contributed by atoms with Gasteiger partial charge in [0.15, 0.2) is 5.69 Å². The molecule has 0 saturated heterocycles. The van der Waals surface area contributed by atoms with Crippen molar-refractivity contribution in [1.82, 2.24) is 24.8 Å². The highest BCUT2D eigenvalue weighted by Gasteiger charge is 2.19. The molecule has 0 aliphatic heterocycles. The second kappa shape index (κ2) is 8.72. The smallest absolute Gasteiger partial charge is 0.276 e. The van der Waals surface area contributed by atoms with E-state index in [1.165, 1.54) is 0 Å². The maximum absolute atomic E-state index is 13.0. The number of pyridine rings is 1. The fourth-order valence-corrected chi connectivity index (χ4v) is 4.20. The van der Waals surface area contributed by atoms with Gasteiger partial charge in [-0.1, -0.05) is 6.07 Å². The van der Waals surface area contributed by atoms with Crippen molar-refractivity contribution in [3.05, 3.63) is 87.5 Å². The molecule has 0 atom stereocenters. The minimum Gasteiger partial charge on any atom is -0.396 e. The van der Waals surface area contributed by atoms with Crippen LogP contribution in [0.2, 0.25) is 0 Å². The molecule has 0 bridgehead atoms. The molecular formula is C27H26N6O2. The number of aromatic nitrogens is 4. The van der Waals surface area contributed by atoms with E-state index in [4.69, 9.17) is 5.73 Å². The van der Waals surface area contributed by atoms with Crippen molar-refractivity contribution < 1.29 is 4.79 Å². The number of carbonyl (C=O) groups is 1. The first-order valence-corrected chi connectivity index (χ1v) is 11.4. The number of fused-ring (bicyclic) bond motifs is 2. The third-order valence-electron chi connectivity index (χ3n) is 6.41. The minimum atomic E-state index is -0.329. The van der Waals surface area contributed by atoms with Crippen LogP contribution in [0.25, 0.3) is 33.3 Å².